The van der Waals surface area contributed by atoms with Gasteiger partial charge in [0.05, 0.1) is 6.61 Å². The Morgan fingerprint density at radius 2 is 1.11 bits per heavy atom. The number of rotatable bonds is 20. The number of hydrogen-bond acceptors (Lipinski definition) is 5. The number of ether oxygens (including phenoxy) is 1. The summed E-state index contributed by atoms with van der Waals surface area (Å²) in [6.07, 6.45) is 17.1. The summed E-state index contributed by atoms with van der Waals surface area (Å²) in [5, 5.41) is 27.2. The largest absolute Gasteiger partial charge is 0.463 e. The van der Waals surface area contributed by atoms with Gasteiger partial charge in [-0.25, -0.2) is 0 Å². The summed E-state index contributed by atoms with van der Waals surface area (Å²) in [4.78, 5) is 11.5. The lowest BCUT2D eigenvalue weighted by atomic mass is 10.0. The molecule has 0 amide bonds. The van der Waals surface area contributed by atoms with Crippen molar-refractivity contribution < 1.29 is 24.9 Å². The third-order valence-electron chi connectivity index (χ3n) is 5.03. The molecule has 0 aliphatic carbocycles. The Kier molecular flexibility index (Phi) is 19.6. The van der Waals surface area contributed by atoms with Crippen molar-refractivity contribution >= 4 is 5.97 Å². The van der Waals surface area contributed by atoms with Crippen LogP contribution < -0.4 is 0 Å². The monoisotopic (exact) mass is 388 g/mol. The van der Waals surface area contributed by atoms with E-state index in [2.05, 4.69) is 6.92 Å². The molecule has 0 aliphatic heterocycles. The SMILES string of the molecule is CCCCCCCCCCCCCCCCCC(=O)OCC(O)C(O)CO. The molecule has 0 aromatic carbocycles. The van der Waals surface area contributed by atoms with Gasteiger partial charge in [0.2, 0.25) is 0 Å². The topological polar surface area (TPSA) is 87.0 Å². The minimum atomic E-state index is -1.26. The van der Waals surface area contributed by atoms with Gasteiger partial charge in [-0.15, -0.1) is 0 Å². The van der Waals surface area contributed by atoms with Crippen molar-refractivity contribution in [2.75, 3.05) is 13.2 Å². The van der Waals surface area contributed by atoms with E-state index in [0.717, 1.165) is 19.3 Å². The zero-order valence-electron chi connectivity index (χ0n) is 17.5. The zero-order chi connectivity index (χ0) is 20.2. The molecule has 0 aliphatic rings. The summed E-state index contributed by atoms with van der Waals surface area (Å²) in [6, 6.07) is 0. The van der Waals surface area contributed by atoms with E-state index in [9.17, 15) is 9.90 Å². The van der Waals surface area contributed by atoms with E-state index in [4.69, 9.17) is 14.9 Å². The van der Waals surface area contributed by atoms with E-state index >= 15 is 0 Å². The second-order valence-corrected chi connectivity index (χ2v) is 7.70. The highest BCUT2D eigenvalue weighted by Crippen LogP contribution is 2.13. The van der Waals surface area contributed by atoms with Crippen molar-refractivity contribution in [3.8, 4) is 0 Å². The predicted octanol–water partition coefficient (Wildman–Crippen LogP) is 4.51. The van der Waals surface area contributed by atoms with Gasteiger partial charge in [-0.2, -0.15) is 0 Å². The zero-order valence-corrected chi connectivity index (χ0v) is 17.5. The molecule has 2 unspecified atom stereocenters. The number of aliphatic hydroxyl groups excluding tert-OH is 3. The average Bonchev–Trinajstić information content (AvgIpc) is 2.68. The van der Waals surface area contributed by atoms with Crippen LogP contribution in [-0.2, 0) is 9.53 Å². The highest BCUT2D eigenvalue weighted by atomic mass is 16.5. The van der Waals surface area contributed by atoms with Crippen LogP contribution >= 0.6 is 0 Å². The second kappa shape index (κ2) is 20.1. The van der Waals surface area contributed by atoms with Crippen molar-refractivity contribution in [1.82, 2.24) is 0 Å². The molecule has 5 nitrogen and oxygen atoms in total. The molecule has 0 spiro atoms. The Hall–Kier alpha value is -0.650. The molecule has 162 valence electrons. The van der Waals surface area contributed by atoms with E-state index in [1.54, 1.807) is 0 Å². The van der Waals surface area contributed by atoms with Gasteiger partial charge in [0.25, 0.3) is 0 Å². The van der Waals surface area contributed by atoms with Crippen LogP contribution in [0.2, 0.25) is 0 Å². The standard InChI is InChI=1S/C22H44O5/c1-2-3-4-5-6-7-8-9-10-11-12-13-14-15-16-17-22(26)27-19-21(25)20(24)18-23/h20-21,23-25H,2-19H2,1H3. The Bertz CT molecular complexity index is 322. The lowest BCUT2D eigenvalue weighted by Crippen LogP contribution is -2.34. The number of aliphatic hydroxyl groups is 3. The Morgan fingerprint density at radius 1 is 0.704 bits per heavy atom. The summed E-state index contributed by atoms with van der Waals surface area (Å²) in [7, 11) is 0. The molecule has 5 heteroatoms. The van der Waals surface area contributed by atoms with Crippen LogP contribution in [0, 0.1) is 0 Å². The second-order valence-electron chi connectivity index (χ2n) is 7.70. The highest BCUT2D eigenvalue weighted by molar-refractivity contribution is 5.69. The lowest BCUT2D eigenvalue weighted by molar-refractivity contribution is -0.149. The Balaban J connectivity index is 3.23. The average molecular weight is 389 g/mol. The fourth-order valence-corrected chi connectivity index (χ4v) is 3.12. The first kappa shape index (κ1) is 26.4. The van der Waals surface area contributed by atoms with Gasteiger partial charge in [-0.3, -0.25) is 4.79 Å². The number of carbonyl (C=O) groups is 1. The Morgan fingerprint density at radius 3 is 1.52 bits per heavy atom. The maximum Gasteiger partial charge on any atom is 0.305 e. The lowest BCUT2D eigenvalue weighted by Gasteiger charge is -2.15. The molecule has 0 aromatic rings. The fraction of sp³-hybridized carbons (Fsp3) is 0.955. The minimum Gasteiger partial charge on any atom is -0.463 e. The van der Waals surface area contributed by atoms with E-state index in [0.29, 0.717) is 6.42 Å². The van der Waals surface area contributed by atoms with Gasteiger partial charge in [0.1, 0.15) is 18.8 Å². The molecule has 0 aromatic heterocycles. The van der Waals surface area contributed by atoms with E-state index in [1.807, 2.05) is 0 Å². The van der Waals surface area contributed by atoms with Crippen LogP contribution in [0.3, 0.4) is 0 Å². The summed E-state index contributed by atoms with van der Waals surface area (Å²) in [5.74, 6) is -0.353. The number of carbonyl (C=O) groups excluding carboxylic acids is 1. The molecule has 0 fully saturated rings. The smallest absolute Gasteiger partial charge is 0.305 e. The van der Waals surface area contributed by atoms with Crippen molar-refractivity contribution in [2.45, 2.75) is 122 Å². The van der Waals surface area contributed by atoms with Crippen molar-refractivity contribution in [3.05, 3.63) is 0 Å². The van der Waals surface area contributed by atoms with Crippen LogP contribution in [-0.4, -0.2) is 46.7 Å². The number of esters is 1. The van der Waals surface area contributed by atoms with Crippen molar-refractivity contribution in [2.24, 2.45) is 0 Å². The van der Waals surface area contributed by atoms with Gasteiger partial charge >= 0.3 is 5.97 Å². The van der Waals surface area contributed by atoms with Crippen LogP contribution in [0.5, 0.6) is 0 Å². The molecular weight excluding hydrogens is 344 g/mol. The number of unbranched alkanes of at least 4 members (excludes halogenated alkanes) is 14. The maximum atomic E-state index is 11.5. The van der Waals surface area contributed by atoms with Gasteiger partial charge < -0.3 is 20.1 Å². The summed E-state index contributed by atoms with van der Waals surface area (Å²) < 4.78 is 4.89. The first-order valence-corrected chi connectivity index (χ1v) is 11.2. The molecule has 0 radical (unpaired) electrons. The van der Waals surface area contributed by atoms with Crippen molar-refractivity contribution in [1.29, 1.82) is 0 Å². The van der Waals surface area contributed by atoms with Gasteiger partial charge in [0, 0.05) is 6.42 Å². The summed E-state index contributed by atoms with van der Waals surface area (Å²) in [5.41, 5.74) is 0. The third kappa shape index (κ3) is 18.5. The van der Waals surface area contributed by atoms with Crippen LogP contribution in [0.4, 0.5) is 0 Å². The normalized spacial score (nSPS) is 13.5. The molecule has 3 N–H and O–H groups in total. The van der Waals surface area contributed by atoms with Gasteiger partial charge in [-0.1, -0.05) is 96.8 Å². The molecule has 0 saturated carbocycles. The quantitative estimate of drug-likeness (QED) is 0.211. The molecule has 0 saturated heterocycles. The van der Waals surface area contributed by atoms with Gasteiger partial charge in [0.15, 0.2) is 0 Å². The highest BCUT2D eigenvalue weighted by Gasteiger charge is 2.16. The maximum absolute atomic E-state index is 11.5. The van der Waals surface area contributed by atoms with E-state index in [-0.39, 0.29) is 12.6 Å². The molecule has 2 atom stereocenters. The van der Waals surface area contributed by atoms with Crippen LogP contribution in [0.15, 0.2) is 0 Å². The molecule has 27 heavy (non-hydrogen) atoms. The van der Waals surface area contributed by atoms with E-state index < -0.39 is 18.8 Å². The molecule has 0 bridgehead atoms. The molecule has 0 rings (SSSR count). The fourth-order valence-electron chi connectivity index (χ4n) is 3.12. The first-order valence-electron chi connectivity index (χ1n) is 11.2. The van der Waals surface area contributed by atoms with Crippen LogP contribution in [0.25, 0.3) is 0 Å². The minimum absolute atomic E-state index is 0.265. The summed E-state index contributed by atoms with van der Waals surface area (Å²) in [6.45, 7) is 1.45. The summed E-state index contributed by atoms with van der Waals surface area (Å²) >= 11 is 0. The Labute approximate surface area is 166 Å². The molecule has 0 heterocycles. The number of hydrogen-bond donors (Lipinski definition) is 3. The molecular formula is C22H44O5. The predicted molar refractivity (Wildman–Crippen MR) is 110 cm³/mol. The van der Waals surface area contributed by atoms with Crippen LogP contribution in [0.1, 0.15) is 110 Å². The van der Waals surface area contributed by atoms with Crippen molar-refractivity contribution in [3.63, 3.8) is 0 Å². The first-order chi connectivity index (χ1) is 13.1. The van der Waals surface area contributed by atoms with E-state index in [1.165, 1.54) is 77.0 Å². The van der Waals surface area contributed by atoms with Gasteiger partial charge in [-0.05, 0) is 6.42 Å². The third-order valence-corrected chi connectivity index (χ3v) is 5.03.